The van der Waals surface area contributed by atoms with E-state index in [0.717, 1.165) is 28.2 Å². The fraction of sp³-hybridized carbons (Fsp3) is 0.412. The van der Waals surface area contributed by atoms with Crippen LogP contribution < -0.4 is 11.1 Å². The SMILES string of the molecule is CC1CCC(Nc2cc(C(N)=S)c3ccccc3n2)C1C. The summed E-state index contributed by atoms with van der Waals surface area (Å²) in [5.41, 5.74) is 7.72. The molecule has 110 valence electrons. The van der Waals surface area contributed by atoms with Gasteiger partial charge in [-0.25, -0.2) is 4.98 Å². The van der Waals surface area contributed by atoms with E-state index in [1.165, 1.54) is 12.8 Å². The van der Waals surface area contributed by atoms with Crippen molar-refractivity contribution < 1.29 is 0 Å². The fourth-order valence-corrected chi connectivity index (χ4v) is 3.38. The molecule has 1 saturated carbocycles. The van der Waals surface area contributed by atoms with E-state index in [1.54, 1.807) is 0 Å². The van der Waals surface area contributed by atoms with Crippen molar-refractivity contribution in [1.82, 2.24) is 4.98 Å². The van der Waals surface area contributed by atoms with Gasteiger partial charge in [-0.1, -0.05) is 44.3 Å². The maximum atomic E-state index is 5.88. The number of nitrogens with two attached hydrogens (primary N) is 1. The number of anilines is 1. The fourth-order valence-electron chi connectivity index (χ4n) is 3.21. The van der Waals surface area contributed by atoms with E-state index in [2.05, 4.69) is 19.2 Å². The highest BCUT2D eigenvalue weighted by atomic mass is 32.1. The van der Waals surface area contributed by atoms with Crippen LogP contribution in [0.25, 0.3) is 10.9 Å². The molecule has 3 N–H and O–H groups in total. The van der Waals surface area contributed by atoms with Crippen molar-refractivity contribution in [2.75, 3.05) is 5.32 Å². The summed E-state index contributed by atoms with van der Waals surface area (Å²) in [6.07, 6.45) is 2.47. The van der Waals surface area contributed by atoms with Crippen molar-refractivity contribution in [3.8, 4) is 0 Å². The largest absolute Gasteiger partial charge is 0.389 e. The molecule has 0 amide bonds. The zero-order chi connectivity index (χ0) is 15.0. The van der Waals surface area contributed by atoms with Crippen LogP contribution in [0.2, 0.25) is 0 Å². The maximum Gasteiger partial charge on any atom is 0.127 e. The number of benzene rings is 1. The average molecular weight is 299 g/mol. The molecule has 1 aliphatic rings. The molecule has 1 fully saturated rings. The molecule has 2 aromatic rings. The van der Waals surface area contributed by atoms with Crippen LogP contribution in [0.3, 0.4) is 0 Å². The number of hydrogen-bond donors (Lipinski definition) is 2. The number of aromatic nitrogens is 1. The first-order valence-electron chi connectivity index (χ1n) is 7.52. The quantitative estimate of drug-likeness (QED) is 0.848. The van der Waals surface area contributed by atoms with Gasteiger partial charge in [0.05, 0.1) is 5.52 Å². The second kappa shape index (κ2) is 5.60. The Balaban J connectivity index is 1.98. The van der Waals surface area contributed by atoms with Gasteiger partial charge in [-0.05, 0) is 36.8 Å². The van der Waals surface area contributed by atoms with Crippen molar-refractivity contribution in [2.45, 2.75) is 32.7 Å². The van der Waals surface area contributed by atoms with Crippen LogP contribution in [0.4, 0.5) is 5.82 Å². The number of nitrogens with zero attached hydrogens (tertiary/aromatic N) is 1. The normalized spacial score (nSPS) is 25.1. The summed E-state index contributed by atoms with van der Waals surface area (Å²) >= 11 is 5.20. The molecule has 21 heavy (non-hydrogen) atoms. The lowest BCUT2D eigenvalue weighted by molar-refractivity contribution is 0.435. The summed E-state index contributed by atoms with van der Waals surface area (Å²) in [4.78, 5) is 5.14. The Morgan fingerprint density at radius 1 is 1.29 bits per heavy atom. The van der Waals surface area contributed by atoms with Crippen LogP contribution >= 0.6 is 12.2 Å². The predicted octanol–water partition coefficient (Wildman–Crippen LogP) is 3.72. The smallest absolute Gasteiger partial charge is 0.127 e. The standard InChI is InChI=1S/C17H21N3S/c1-10-7-8-14(11(10)2)19-16-9-13(17(18)21)12-5-3-4-6-15(12)20-16/h3-6,9-11,14H,7-8H2,1-2H3,(H2,18,21)(H,19,20). The monoisotopic (exact) mass is 299 g/mol. The minimum atomic E-state index is 0.421. The molecule has 0 spiro atoms. The van der Waals surface area contributed by atoms with Crippen LogP contribution in [0.15, 0.2) is 30.3 Å². The summed E-state index contributed by atoms with van der Waals surface area (Å²) in [6.45, 7) is 4.63. The van der Waals surface area contributed by atoms with Crippen molar-refractivity contribution in [3.05, 3.63) is 35.9 Å². The summed E-state index contributed by atoms with van der Waals surface area (Å²) in [5, 5.41) is 4.60. The molecule has 3 nitrogen and oxygen atoms in total. The average Bonchev–Trinajstić information content (AvgIpc) is 2.78. The molecule has 0 bridgehead atoms. The minimum absolute atomic E-state index is 0.421. The van der Waals surface area contributed by atoms with Gasteiger partial charge >= 0.3 is 0 Å². The molecular formula is C17H21N3S. The summed E-state index contributed by atoms with van der Waals surface area (Å²) in [6, 6.07) is 10.5. The van der Waals surface area contributed by atoms with Gasteiger partial charge in [-0.3, -0.25) is 0 Å². The van der Waals surface area contributed by atoms with Crippen LogP contribution in [-0.4, -0.2) is 16.0 Å². The molecule has 0 saturated heterocycles. The number of pyridine rings is 1. The molecule has 4 heteroatoms. The van der Waals surface area contributed by atoms with E-state index >= 15 is 0 Å². The minimum Gasteiger partial charge on any atom is -0.389 e. The Morgan fingerprint density at radius 3 is 2.71 bits per heavy atom. The number of hydrogen-bond acceptors (Lipinski definition) is 3. The number of thiocarbonyl (C=S) groups is 1. The van der Waals surface area contributed by atoms with Gasteiger partial charge in [0, 0.05) is 17.0 Å². The Labute approximate surface area is 130 Å². The number of nitrogens with one attached hydrogen (secondary N) is 1. The lowest BCUT2D eigenvalue weighted by atomic mass is 9.98. The molecular weight excluding hydrogens is 278 g/mol. The summed E-state index contributed by atoms with van der Waals surface area (Å²) in [7, 11) is 0. The van der Waals surface area contributed by atoms with Crippen LogP contribution in [0.5, 0.6) is 0 Å². The van der Waals surface area contributed by atoms with Crippen molar-refractivity contribution in [1.29, 1.82) is 0 Å². The number of rotatable bonds is 3. The third-order valence-corrected chi connectivity index (χ3v) is 5.00. The molecule has 1 aliphatic carbocycles. The molecule has 1 aromatic carbocycles. The van der Waals surface area contributed by atoms with E-state index in [0.29, 0.717) is 16.9 Å². The van der Waals surface area contributed by atoms with Crippen LogP contribution in [-0.2, 0) is 0 Å². The van der Waals surface area contributed by atoms with E-state index in [1.807, 2.05) is 30.3 Å². The third-order valence-electron chi connectivity index (χ3n) is 4.78. The van der Waals surface area contributed by atoms with E-state index in [-0.39, 0.29) is 0 Å². The second-order valence-electron chi connectivity index (χ2n) is 6.10. The first-order chi connectivity index (χ1) is 10.1. The molecule has 3 unspecified atom stereocenters. The lowest BCUT2D eigenvalue weighted by Gasteiger charge is -2.21. The van der Waals surface area contributed by atoms with Crippen molar-refractivity contribution >= 4 is 33.9 Å². The van der Waals surface area contributed by atoms with E-state index in [9.17, 15) is 0 Å². The highest BCUT2D eigenvalue weighted by Crippen LogP contribution is 2.33. The van der Waals surface area contributed by atoms with Gasteiger partial charge in [0.25, 0.3) is 0 Å². The first-order valence-corrected chi connectivity index (χ1v) is 7.93. The Hall–Kier alpha value is -1.68. The van der Waals surface area contributed by atoms with Gasteiger partial charge in [0.1, 0.15) is 10.8 Å². The van der Waals surface area contributed by atoms with Gasteiger partial charge in [0.2, 0.25) is 0 Å². The van der Waals surface area contributed by atoms with Gasteiger partial charge < -0.3 is 11.1 Å². The molecule has 3 atom stereocenters. The zero-order valence-corrected chi connectivity index (χ0v) is 13.3. The third kappa shape index (κ3) is 2.72. The first kappa shape index (κ1) is 14.3. The van der Waals surface area contributed by atoms with E-state index in [4.69, 9.17) is 22.9 Å². The molecule has 0 aliphatic heterocycles. The molecule has 1 heterocycles. The maximum absolute atomic E-state index is 5.88. The Morgan fingerprint density at radius 2 is 2.05 bits per heavy atom. The van der Waals surface area contributed by atoms with Crippen molar-refractivity contribution in [2.24, 2.45) is 17.6 Å². The van der Waals surface area contributed by atoms with Crippen molar-refractivity contribution in [3.63, 3.8) is 0 Å². The molecule has 0 radical (unpaired) electrons. The summed E-state index contributed by atoms with van der Waals surface area (Å²) in [5.74, 6) is 2.30. The van der Waals surface area contributed by atoms with Gasteiger partial charge in [0.15, 0.2) is 0 Å². The summed E-state index contributed by atoms with van der Waals surface area (Å²) < 4.78 is 0. The highest BCUT2D eigenvalue weighted by Gasteiger charge is 2.29. The van der Waals surface area contributed by atoms with Gasteiger partial charge in [-0.15, -0.1) is 0 Å². The number of para-hydroxylation sites is 1. The zero-order valence-electron chi connectivity index (χ0n) is 12.5. The molecule has 1 aromatic heterocycles. The second-order valence-corrected chi connectivity index (χ2v) is 6.54. The topological polar surface area (TPSA) is 50.9 Å². The van der Waals surface area contributed by atoms with Crippen LogP contribution in [0, 0.1) is 11.8 Å². The lowest BCUT2D eigenvalue weighted by Crippen LogP contribution is -2.25. The van der Waals surface area contributed by atoms with E-state index < -0.39 is 0 Å². The van der Waals surface area contributed by atoms with Crippen LogP contribution in [0.1, 0.15) is 32.3 Å². The number of fused-ring (bicyclic) bond motifs is 1. The highest BCUT2D eigenvalue weighted by molar-refractivity contribution is 7.80. The Bertz CT molecular complexity index is 683. The van der Waals surface area contributed by atoms with Gasteiger partial charge in [-0.2, -0.15) is 0 Å². The Kier molecular flexibility index (Phi) is 3.81. The molecule has 3 rings (SSSR count). The predicted molar refractivity (Wildman–Crippen MR) is 92.6 cm³/mol.